The van der Waals surface area contributed by atoms with Gasteiger partial charge >= 0.3 is 0 Å². The molecule has 2 rings (SSSR count). The minimum absolute atomic E-state index is 0.733. The number of rotatable bonds is 1. The van der Waals surface area contributed by atoms with Crippen molar-refractivity contribution in [2.45, 2.75) is 13.8 Å². The van der Waals surface area contributed by atoms with Crippen LogP contribution in [-0.4, -0.2) is 6.21 Å². The molecule has 0 radical (unpaired) electrons. The molecule has 3 atom stereocenters. The maximum absolute atomic E-state index is 4.34. The van der Waals surface area contributed by atoms with E-state index >= 15 is 0 Å². The molecule has 0 N–H and O–H groups in total. The van der Waals surface area contributed by atoms with Crippen LogP contribution in [0.2, 0.25) is 0 Å². The third kappa shape index (κ3) is 0.953. The van der Waals surface area contributed by atoms with Crippen molar-refractivity contribution >= 4 is 6.21 Å². The van der Waals surface area contributed by atoms with Gasteiger partial charge in [-0.1, -0.05) is 19.1 Å². The molecule has 1 nitrogen and oxygen atoms in total. The molecule has 2 aliphatic rings. The first-order valence-corrected chi connectivity index (χ1v) is 4.21. The second-order valence-electron chi connectivity index (χ2n) is 3.33. The van der Waals surface area contributed by atoms with Crippen molar-refractivity contribution in [2.75, 3.05) is 0 Å². The molecule has 1 fully saturated rings. The Labute approximate surface area is 67.5 Å². The summed E-state index contributed by atoms with van der Waals surface area (Å²) in [6.45, 7) is 4.27. The van der Waals surface area contributed by atoms with Crippen LogP contribution in [-0.2, 0) is 0 Å². The predicted octanol–water partition coefficient (Wildman–Crippen LogP) is 2.41. The van der Waals surface area contributed by atoms with Gasteiger partial charge in [-0.3, -0.25) is 4.99 Å². The Morgan fingerprint density at radius 1 is 1.55 bits per heavy atom. The zero-order valence-corrected chi connectivity index (χ0v) is 6.99. The Morgan fingerprint density at radius 3 is 3.09 bits per heavy atom. The number of nitrogens with zero attached hydrogens (tertiary/aromatic N) is 1. The Hall–Kier alpha value is -0.850. The van der Waals surface area contributed by atoms with Gasteiger partial charge in [-0.25, -0.2) is 0 Å². The smallest absolute Gasteiger partial charge is 0.0439 e. The standard InChI is InChI=1S/C10H13N/c1-3-11-9-6-4-5-8-7(2)10(8)9/h3-8,10H,1-2H3/b11-3-/t7?,8-,10?/m1/s1. The third-order valence-corrected chi connectivity index (χ3v) is 2.67. The largest absolute Gasteiger partial charge is 0.266 e. The van der Waals surface area contributed by atoms with Crippen LogP contribution >= 0.6 is 0 Å². The summed E-state index contributed by atoms with van der Waals surface area (Å²) in [6, 6.07) is 0. The quantitative estimate of drug-likeness (QED) is 0.505. The first kappa shape index (κ1) is 6.84. The van der Waals surface area contributed by atoms with Gasteiger partial charge in [0.25, 0.3) is 0 Å². The van der Waals surface area contributed by atoms with Gasteiger partial charge < -0.3 is 0 Å². The number of hydrogen-bond acceptors (Lipinski definition) is 1. The highest BCUT2D eigenvalue weighted by Gasteiger charge is 2.47. The SMILES string of the molecule is C/C=N\C1=CC=C[C@@H]2C(C)C12. The molecule has 0 heterocycles. The Bertz CT molecular complexity index is 248. The maximum atomic E-state index is 4.34. The van der Waals surface area contributed by atoms with Gasteiger partial charge in [0.2, 0.25) is 0 Å². The molecule has 0 aromatic carbocycles. The van der Waals surface area contributed by atoms with Gasteiger partial charge in [0, 0.05) is 17.8 Å². The molecule has 2 aliphatic carbocycles. The molecule has 2 unspecified atom stereocenters. The second-order valence-corrected chi connectivity index (χ2v) is 3.33. The number of fused-ring (bicyclic) bond motifs is 1. The molecule has 0 amide bonds. The highest BCUT2D eigenvalue weighted by molar-refractivity contribution is 5.56. The predicted molar refractivity (Wildman–Crippen MR) is 47.5 cm³/mol. The number of aliphatic imine (C=N–C) groups is 1. The summed E-state index contributed by atoms with van der Waals surface area (Å²) >= 11 is 0. The van der Waals surface area contributed by atoms with Gasteiger partial charge in [-0.15, -0.1) is 0 Å². The van der Waals surface area contributed by atoms with E-state index in [1.165, 1.54) is 5.70 Å². The summed E-state index contributed by atoms with van der Waals surface area (Å²) in [5.41, 5.74) is 1.27. The summed E-state index contributed by atoms with van der Waals surface area (Å²) in [5, 5.41) is 0. The Morgan fingerprint density at radius 2 is 2.36 bits per heavy atom. The zero-order chi connectivity index (χ0) is 7.84. The van der Waals surface area contributed by atoms with E-state index in [0.29, 0.717) is 0 Å². The minimum Gasteiger partial charge on any atom is -0.266 e. The Balaban J connectivity index is 2.21. The Kier molecular flexibility index (Phi) is 1.45. The molecule has 1 heteroatoms. The first-order valence-electron chi connectivity index (χ1n) is 4.21. The van der Waals surface area contributed by atoms with Crippen molar-refractivity contribution in [3.05, 3.63) is 23.9 Å². The molecular weight excluding hydrogens is 134 g/mol. The lowest BCUT2D eigenvalue weighted by molar-refractivity contribution is 0.847. The molecule has 58 valence electrons. The lowest BCUT2D eigenvalue weighted by Gasteiger charge is -2.00. The fourth-order valence-electron chi connectivity index (χ4n) is 1.93. The van der Waals surface area contributed by atoms with E-state index in [-0.39, 0.29) is 0 Å². The number of hydrogen-bond donors (Lipinski definition) is 0. The van der Waals surface area contributed by atoms with Crippen molar-refractivity contribution in [3.8, 4) is 0 Å². The van der Waals surface area contributed by atoms with Gasteiger partial charge in [-0.2, -0.15) is 0 Å². The van der Waals surface area contributed by atoms with Crippen LogP contribution in [0, 0.1) is 17.8 Å². The minimum atomic E-state index is 0.733. The average Bonchev–Trinajstić information content (AvgIpc) is 2.65. The monoisotopic (exact) mass is 147 g/mol. The fraction of sp³-hybridized carbons (Fsp3) is 0.500. The molecular formula is C10H13N. The van der Waals surface area contributed by atoms with Crippen LogP contribution in [0.4, 0.5) is 0 Å². The zero-order valence-electron chi connectivity index (χ0n) is 6.99. The molecule has 1 saturated carbocycles. The van der Waals surface area contributed by atoms with Crippen molar-refractivity contribution < 1.29 is 0 Å². The summed E-state index contributed by atoms with van der Waals surface area (Å²) in [6.07, 6.45) is 8.44. The molecule has 0 bridgehead atoms. The van der Waals surface area contributed by atoms with E-state index in [1.807, 2.05) is 13.1 Å². The summed E-state index contributed by atoms with van der Waals surface area (Å²) < 4.78 is 0. The van der Waals surface area contributed by atoms with Gasteiger partial charge in [0.15, 0.2) is 0 Å². The van der Waals surface area contributed by atoms with Gasteiger partial charge in [0.05, 0.1) is 0 Å². The van der Waals surface area contributed by atoms with Crippen molar-refractivity contribution in [2.24, 2.45) is 22.7 Å². The van der Waals surface area contributed by atoms with Crippen molar-refractivity contribution in [1.82, 2.24) is 0 Å². The summed E-state index contributed by atoms with van der Waals surface area (Å²) in [4.78, 5) is 4.34. The fourth-order valence-corrected chi connectivity index (χ4v) is 1.93. The van der Waals surface area contributed by atoms with Crippen molar-refractivity contribution in [1.29, 1.82) is 0 Å². The van der Waals surface area contributed by atoms with E-state index in [9.17, 15) is 0 Å². The van der Waals surface area contributed by atoms with Crippen LogP contribution in [0.15, 0.2) is 28.9 Å². The normalized spacial score (nSPS) is 40.5. The van der Waals surface area contributed by atoms with Crippen LogP contribution in [0.1, 0.15) is 13.8 Å². The van der Waals surface area contributed by atoms with Crippen molar-refractivity contribution in [3.63, 3.8) is 0 Å². The second kappa shape index (κ2) is 2.33. The summed E-state index contributed by atoms with van der Waals surface area (Å²) in [7, 11) is 0. The van der Waals surface area contributed by atoms with E-state index in [0.717, 1.165) is 17.8 Å². The van der Waals surface area contributed by atoms with Crippen LogP contribution < -0.4 is 0 Å². The summed E-state index contributed by atoms with van der Waals surface area (Å²) in [5.74, 6) is 2.35. The van der Waals surface area contributed by atoms with E-state index in [1.54, 1.807) is 0 Å². The maximum Gasteiger partial charge on any atom is 0.0439 e. The third-order valence-electron chi connectivity index (χ3n) is 2.67. The first-order chi connectivity index (χ1) is 5.34. The lowest BCUT2D eigenvalue weighted by atomic mass is 10.1. The van der Waals surface area contributed by atoms with Gasteiger partial charge in [0.1, 0.15) is 0 Å². The lowest BCUT2D eigenvalue weighted by Crippen LogP contribution is -1.88. The highest BCUT2D eigenvalue weighted by atomic mass is 14.8. The van der Waals surface area contributed by atoms with E-state index in [2.05, 4.69) is 30.1 Å². The molecule has 0 spiro atoms. The van der Waals surface area contributed by atoms with E-state index in [4.69, 9.17) is 0 Å². The van der Waals surface area contributed by atoms with Crippen LogP contribution in [0.3, 0.4) is 0 Å². The van der Waals surface area contributed by atoms with E-state index < -0.39 is 0 Å². The molecule has 0 aromatic rings. The number of allylic oxidation sites excluding steroid dienone is 4. The van der Waals surface area contributed by atoms with Crippen LogP contribution in [0.5, 0.6) is 0 Å². The average molecular weight is 147 g/mol. The topological polar surface area (TPSA) is 12.4 Å². The highest BCUT2D eigenvalue weighted by Crippen LogP contribution is 2.53. The molecule has 0 saturated heterocycles. The van der Waals surface area contributed by atoms with Crippen LogP contribution in [0.25, 0.3) is 0 Å². The molecule has 0 aromatic heterocycles. The van der Waals surface area contributed by atoms with Gasteiger partial charge in [-0.05, 0) is 24.8 Å². The molecule has 0 aliphatic heterocycles. The molecule has 11 heavy (non-hydrogen) atoms.